The van der Waals surface area contributed by atoms with E-state index in [0.29, 0.717) is 6.54 Å². The molecular weight excluding hydrogens is 414 g/mol. The maximum Gasteiger partial charge on any atom is 0.225 e. The zero-order chi connectivity index (χ0) is 21.8. The van der Waals surface area contributed by atoms with Gasteiger partial charge in [-0.05, 0) is 47.9 Å². The van der Waals surface area contributed by atoms with E-state index in [1.54, 1.807) is 11.3 Å². The number of carbonyl (C=O) groups excluding carboxylic acids is 1. The zero-order valence-corrected chi connectivity index (χ0v) is 19.3. The average Bonchev–Trinajstić information content (AvgIpc) is 3.36. The third kappa shape index (κ3) is 4.74. The average molecular weight is 446 g/mol. The minimum Gasteiger partial charge on any atom is -0.365 e. The van der Waals surface area contributed by atoms with E-state index in [1.807, 2.05) is 0 Å². The van der Waals surface area contributed by atoms with Gasteiger partial charge < -0.3 is 10.2 Å². The number of fused-ring (bicyclic) bond motifs is 3. The Kier molecular flexibility index (Phi) is 6.56. The van der Waals surface area contributed by atoms with Crippen LogP contribution >= 0.6 is 11.3 Å². The minimum absolute atomic E-state index is 0.00670. The van der Waals surface area contributed by atoms with Gasteiger partial charge in [0, 0.05) is 43.3 Å². The number of amides is 1. The zero-order valence-electron chi connectivity index (χ0n) is 18.5. The lowest BCUT2D eigenvalue weighted by Gasteiger charge is -2.49. The first kappa shape index (κ1) is 21.2. The van der Waals surface area contributed by atoms with Gasteiger partial charge in [-0.15, -0.1) is 11.3 Å². The van der Waals surface area contributed by atoms with Crippen LogP contribution in [0.1, 0.15) is 16.0 Å². The van der Waals surface area contributed by atoms with Gasteiger partial charge in [0.2, 0.25) is 5.91 Å². The topological polar surface area (TPSA) is 35.6 Å². The van der Waals surface area contributed by atoms with E-state index in [2.05, 4.69) is 87.2 Å². The Morgan fingerprint density at radius 3 is 2.66 bits per heavy atom. The van der Waals surface area contributed by atoms with Crippen LogP contribution in [0.15, 0.2) is 72.1 Å². The van der Waals surface area contributed by atoms with Gasteiger partial charge in [-0.3, -0.25) is 9.69 Å². The van der Waals surface area contributed by atoms with Gasteiger partial charge in [-0.2, -0.15) is 0 Å². The fourth-order valence-electron chi connectivity index (χ4n) is 5.15. The first-order valence-corrected chi connectivity index (χ1v) is 12.6. The van der Waals surface area contributed by atoms with Crippen LogP contribution in [-0.4, -0.2) is 49.6 Å². The molecule has 4 nitrogen and oxygen atoms in total. The fraction of sp³-hybridized carbons (Fsp3) is 0.370. The van der Waals surface area contributed by atoms with Crippen molar-refractivity contribution >= 4 is 22.9 Å². The molecule has 166 valence electrons. The number of carbonyl (C=O) groups is 1. The summed E-state index contributed by atoms with van der Waals surface area (Å²) in [6.07, 6.45) is 2.79. The lowest BCUT2D eigenvalue weighted by molar-refractivity contribution is -0.126. The molecular formula is C27H31N3OS. The van der Waals surface area contributed by atoms with Crippen molar-refractivity contribution in [2.75, 3.05) is 37.6 Å². The van der Waals surface area contributed by atoms with E-state index in [0.717, 1.165) is 45.4 Å². The first-order chi connectivity index (χ1) is 15.8. The molecule has 2 aliphatic rings. The summed E-state index contributed by atoms with van der Waals surface area (Å²) in [4.78, 5) is 19.7. The number of rotatable bonds is 7. The summed E-state index contributed by atoms with van der Waals surface area (Å²) in [6, 6.07) is 23.8. The van der Waals surface area contributed by atoms with Crippen molar-refractivity contribution in [3.63, 3.8) is 0 Å². The summed E-state index contributed by atoms with van der Waals surface area (Å²) < 4.78 is 0. The number of anilines is 1. The van der Waals surface area contributed by atoms with Crippen LogP contribution < -0.4 is 10.2 Å². The number of thiophene rings is 1. The van der Waals surface area contributed by atoms with Crippen LogP contribution in [0, 0.1) is 5.92 Å². The maximum absolute atomic E-state index is 13.3. The Morgan fingerprint density at radius 2 is 1.81 bits per heavy atom. The van der Waals surface area contributed by atoms with E-state index in [4.69, 9.17) is 0 Å². The molecule has 0 bridgehead atoms. The molecule has 2 atom stereocenters. The van der Waals surface area contributed by atoms with Crippen molar-refractivity contribution in [3.05, 3.63) is 88.1 Å². The minimum atomic E-state index is -0.00670. The number of nitrogens with one attached hydrogen (secondary N) is 1. The summed E-state index contributed by atoms with van der Waals surface area (Å²) in [5, 5.41) is 5.35. The molecule has 0 radical (unpaired) electrons. The molecule has 5 rings (SSSR count). The SMILES string of the molecule is O=C(NCCc1cccs1)C1Cc2ccccc2N2CCN(CCc3ccccc3)CC12. The van der Waals surface area contributed by atoms with Crippen molar-refractivity contribution in [3.8, 4) is 0 Å². The molecule has 1 fully saturated rings. The van der Waals surface area contributed by atoms with E-state index in [-0.39, 0.29) is 17.9 Å². The number of hydrogen-bond acceptors (Lipinski definition) is 4. The lowest BCUT2D eigenvalue weighted by Crippen LogP contribution is -2.61. The Morgan fingerprint density at radius 1 is 0.969 bits per heavy atom. The molecule has 0 spiro atoms. The van der Waals surface area contributed by atoms with Crippen molar-refractivity contribution in [2.24, 2.45) is 5.92 Å². The molecule has 2 aliphatic heterocycles. The summed E-state index contributed by atoms with van der Waals surface area (Å²) in [5.74, 6) is 0.198. The quantitative estimate of drug-likeness (QED) is 0.597. The Labute approximate surface area is 194 Å². The smallest absolute Gasteiger partial charge is 0.225 e. The highest BCUT2D eigenvalue weighted by molar-refractivity contribution is 7.09. The molecule has 0 aliphatic carbocycles. The van der Waals surface area contributed by atoms with Gasteiger partial charge in [0.1, 0.15) is 0 Å². The monoisotopic (exact) mass is 445 g/mol. The molecule has 1 N–H and O–H groups in total. The molecule has 1 amide bonds. The predicted molar refractivity (Wildman–Crippen MR) is 132 cm³/mol. The highest BCUT2D eigenvalue weighted by Gasteiger charge is 2.41. The van der Waals surface area contributed by atoms with Gasteiger partial charge in [0.15, 0.2) is 0 Å². The van der Waals surface area contributed by atoms with E-state index >= 15 is 0 Å². The molecule has 2 unspecified atom stereocenters. The van der Waals surface area contributed by atoms with Crippen molar-refractivity contribution in [2.45, 2.75) is 25.3 Å². The van der Waals surface area contributed by atoms with Gasteiger partial charge in [0.05, 0.1) is 12.0 Å². The molecule has 0 saturated carbocycles. The second-order valence-electron chi connectivity index (χ2n) is 8.86. The third-order valence-electron chi connectivity index (χ3n) is 6.86. The highest BCUT2D eigenvalue weighted by Crippen LogP contribution is 2.36. The number of nitrogens with zero attached hydrogens (tertiary/aromatic N) is 2. The van der Waals surface area contributed by atoms with Crippen LogP contribution in [0.25, 0.3) is 0 Å². The standard InChI is InChI=1S/C27H31N3OS/c31-27(28-14-12-23-10-6-18-32-23)24-19-22-9-4-5-11-25(22)30-17-16-29(20-26(24)30)15-13-21-7-2-1-3-8-21/h1-11,18,24,26H,12-17,19-20H2,(H,28,31). The van der Waals surface area contributed by atoms with Gasteiger partial charge in [-0.1, -0.05) is 54.6 Å². The summed E-state index contributed by atoms with van der Waals surface area (Å²) in [6.45, 7) is 4.73. The van der Waals surface area contributed by atoms with E-state index < -0.39 is 0 Å². The van der Waals surface area contributed by atoms with Crippen molar-refractivity contribution in [1.82, 2.24) is 10.2 Å². The molecule has 5 heteroatoms. The van der Waals surface area contributed by atoms with Crippen LogP contribution in [0.3, 0.4) is 0 Å². The number of piperazine rings is 1. The number of benzene rings is 2. The van der Waals surface area contributed by atoms with Gasteiger partial charge in [-0.25, -0.2) is 0 Å². The third-order valence-corrected chi connectivity index (χ3v) is 7.79. The summed E-state index contributed by atoms with van der Waals surface area (Å²) >= 11 is 1.76. The molecule has 3 heterocycles. The molecule has 1 saturated heterocycles. The first-order valence-electron chi connectivity index (χ1n) is 11.7. The van der Waals surface area contributed by atoms with Crippen LogP contribution in [0.2, 0.25) is 0 Å². The largest absolute Gasteiger partial charge is 0.365 e. The normalized spacial score (nSPS) is 20.4. The number of para-hydroxylation sites is 1. The predicted octanol–water partition coefficient (Wildman–Crippen LogP) is 4.01. The molecule has 3 aromatic rings. The summed E-state index contributed by atoms with van der Waals surface area (Å²) in [7, 11) is 0. The molecule has 32 heavy (non-hydrogen) atoms. The second kappa shape index (κ2) is 9.88. The molecule has 2 aromatic carbocycles. The van der Waals surface area contributed by atoms with Gasteiger partial charge >= 0.3 is 0 Å². The maximum atomic E-state index is 13.3. The Hall–Kier alpha value is -2.63. The number of hydrogen-bond donors (Lipinski definition) is 1. The Balaban J connectivity index is 1.27. The van der Waals surface area contributed by atoms with Gasteiger partial charge in [0.25, 0.3) is 0 Å². The second-order valence-corrected chi connectivity index (χ2v) is 9.89. The van der Waals surface area contributed by atoms with Crippen molar-refractivity contribution < 1.29 is 4.79 Å². The van der Waals surface area contributed by atoms with E-state index in [1.165, 1.54) is 21.7 Å². The lowest BCUT2D eigenvalue weighted by atomic mass is 9.83. The summed E-state index contributed by atoms with van der Waals surface area (Å²) in [5.41, 5.74) is 4.01. The van der Waals surface area contributed by atoms with Crippen LogP contribution in [0.4, 0.5) is 5.69 Å². The molecule has 1 aromatic heterocycles. The van der Waals surface area contributed by atoms with Crippen LogP contribution in [0.5, 0.6) is 0 Å². The van der Waals surface area contributed by atoms with E-state index in [9.17, 15) is 4.79 Å². The van der Waals surface area contributed by atoms with Crippen molar-refractivity contribution in [1.29, 1.82) is 0 Å². The van der Waals surface area contributed by atoms with Crippen LogP contribution in [-0.2, 0) is 24.1 Å². The highest BCUT2D eigenvalue weighted by atomic mass is 32.1. The Bertz CT molecular complexity index is 1020. The fourth-order valence-corrected chi connectivity index (χ4v) is 5.86.